The second kappa shape index (κ2) is 7.77. The van der Waals surface area contributed by atoms with E-state index in [2.05, 4.69) is 10.5 Å². The van der Waals surface area contributed by atoms with Crippen LogP contribution in [0.15, 0.2) is 22.7 Å². The van der Waals surface area contributed by atoms with E-state index in [0.717, 1.165) is 0 Å². The maximum Gasteiger partial charge on any atom is 0.344 e. The number of aryl methyl sites for hydroxylation is 2. The number of nitro benzene ring substituents is 1. The van der Waals surface area contributed by atoms with Crippen LogP contribution < -0.4 is 5.32 Å². The number of nitrogens with zero attached hydrogens (tertiary/aromatic N) is 2. The summed E-state index contributed by atoms with van der Waals surface area (Å²) in [6.07, 6.45) is 0. The molecule has 0 saturated heterocycles. The van der Waals surface area contributed by atoms with Gasteiger partial charge < -0.3 is 14.6 Å². The summed E-state index contributed by atoms with van der Waals surface area (Å²) in [4.78, 5) is 34.7. The molecule has 1 heterocycles. The Balaban J connectivity index is 2.05. The van der Waals surface area contributed by atoms with Gasteiger partial charge in [0.2, 0.25) is 0 Å². The number of nitro groups is 1. The quantitative estimate of drug-likeness (QED) is 0.476. The number of benzene rings is 1. The van der Waals surface area contributed by atoms with Gasteiger partial charge in [0, 0.05) is 12.0 Å². The van der Waals surface area contributed by atoms with Crippen LogP contribution in [0.2, 0.25) is 0 Å². The molecule has 1 amide bonds. The summed E-state index contributed by atoms with van der Waals surface area (Å²) in [6.45, 7) is 6.38. The molecule has 0 fully saturated rings. The lowest BCUT2D eigenvalue weighted by atomic mass is 10.1. The molecule has 0 unspecified atom stereocenters. The van der Waals surface area contributed by atoms with Crippen LogP contribution in [-0.4, -0.2) is 28.6 Å². The topological polar surface area (TPSA) is 125 Å². The van der Waals surface area contributed by atoms with Crippen LogP contribution >= 0.6 is 0 Å². The number of anilines is 1. The van der Waals surface area contributed by atoms with Crippen LogP contribution in [-0.2, 0) is 9.53 Å². The van der Waals surface area contributed by atoms with E-state index in [1.165, 1.54) is 12.1 Å². The summed E-state index contributed by atoms with van der Waals surface area (Å²) in [7, 11) is 0. The van der Waals surface area contributed by atoms with Gasteiger partial charge in [0.15, 0.2) is 12.4 Å². The first-order chi connectivity index (χ1) is 12.2. The first kappa shape index (κ1) is 19.1. The van der Waals surface area contributed by atoms with Crippen molar-refractivity contribution >= 4 is 23.3 Å². The van der Waals surface area contributed by atoms with Gasteiger partial charge in [0.1, 0.15) is 11.3 Å². The van der Waals surface area contributed by atoms with Gasteiger partial charge in [-0.2, -0.15) is 0 Å². The highest BCUT2D eigenvalue weighted by Crippen LogP contribution is 2.25. The Morgan fingerprint density at radius 1 is 1.35 bits per heavy atom. The van der Waals surface area contributed by atoms with E-state index in [9.17, 15) is 19.7 Å². The third kappa shape index (κ3) is 4.24. The van der Waals surface area contributed by atoms with Crippen molar-refractivity contribution in [2.24, 2.45) is 0 Å². The monoisotopic (exact) mass is 361 g/mol. The van der Waals surface area contributed by atoms with E-state index in [1.54, 1.807) is 19.9 Å². The first-order valence-electron chi connectivity index (χ1n) is 7.89. The van der Waals surface area contributed by atoms with Crippen LogP contribution in [0.25, 0.3) is 0 Å². The number of ether oxygens (including phenoxy) is 1. The number of amides is 1. The minimum absolute atomic E-state index is 0.0330. The van der Waals surface area contributed by atoms with Gasteiger partial charge >= 0.3 is 5.97 Å². The molecular weight excluding hydrogens is 342 g/mol. The predicted octanol–water partition coefficient (Wildman–Crippen LogP) is 3.12. The summed E-state index contributed by atoms with van der Waals surface area (Å²) in [5, 5.41) is 17.2. The molecule has 0 aliphatic carbocycles. The highest BCUT2D eigenvalue weighted by Gasteiger charge is 2.25. The molecule has 9 heteroatoms. The third-order valence-corrected chi connectivity index (χ3v) is 3.58. The minimum Gasteiger partial charge on any atom is -0.452 e. The van der Waals surface area contributed by atoms with Crippen molar-refractivity contribution in [1.82, 2.24) is 5.16 Å². The fraction of sp³-hybridized carbons (Fsp3) is 0.353. The Kier molecular flexibility index (Phi) is 5.71. The average Bonchev–Trinajstić information content (AvgIpc) is 2.96. The van der Waals surface area contributed by atoms with Gasteiger partial charge in [0.25, 0.3) is 11.6 Å². The molecule has 1 aromatic heterocycles. The van der Waals surface area contributed by atoms with Gasteiger partial charge in [-0.1, -0.05) is 25.1 Å². The highest BCUT2D eigenvalue weighted by atomic mass is 16.6. The molecule has 0 aliphatic rings. The number of aromatic nitrogens is 1. The zero-order chi connectivity index (χ0) is 19.4. The number of carbonyl (C=O) groups is 2. The Morgan fingerprint density at radius 3 is 2.65 bits per heavy atom. The summed E-state index contributed by atoms with van der Waals surface area (Å²) in [5.41, 5.74) is 1.04. The largest absolute Gasteiger partial charge is 0.452 e. The Morgan fingerprint density at radius 2 is 2.04 bits per heavy atom. The predicted molar refractivity (Wildman–Crippen MR) is 92.1 cm³/mol. The Bertz CT molecular complexity index is 856. The molecule has 2 aromatic rings. The smallest absolute Gasteiger partial charge is 0.344 e. The molecule has 0 aliphatic heterocycles. The van der Waals surface area contributed by atoms with Crippen molar-refractivity contribution in [2.45, 2.75) is 33.6 Å². The third-order valence-electron chi connectivity index (χ3n) is 3.58. The van der Waals surface area contributed by atoms with E-state index >= 15 is 0 Å². The maximum atomic E-state index is 12.2. The molecule has 9 nitrogen and oxygen atoms in total. The fourth-order valence-electron chi connectivity index (χ4n) is 2.32. The van der Waals surface area contributed by atoms with Crippen LogP contribution in [0.5, 0.6) is 0 Å². The van der Waals surface area contributed by atoms with Crippen molar-refractivity contribution < 1.29 is 23.8 Å². The van der Waals surface area contributed by atoms with Gasteiger partial charge in [0.05, 0.1) is 10.6 Å². The van der Waals surface area contributed by atoms with Crippen molar-refractivity contribution in [1.29, 1.82) is 0 Å². The lowest BCUT2D eigenvalue weighted by Crippen LogP contribution is -2.22. The average molecular weight is 361 g/mol. The summed E-state index contributed by atoms with van der Waals surface area (Å²) >= 11 is 0. The van der Waals surface area contributed by atoms with Crippen LogP contribution in [0, 0.1) is 24.0 Å². The lowest BCUT2D eigenvalue weighted by Gasteiger charge is -2.08. The van der Waals surface area contributed by atoms with E-state index in [4.69, 9.17) is 9.26 Å². The van der Waals surface area contributed by atoms with Gasteiger partial charge in [-0.3, -0.25) is 14.9 Å². The maximum absolute atomic E-state index is 12.2. The second-order valence-corrected chi connectivity index (χ2v) is 6.06. The molecule has 0 atom stereocenters. The summed E-state index contributed by atoms with van der Waals surface area (Å²) < 4.78 is 10.1. The Labute approximate surface area is 149 Å². The molecule has 1 N–H and O–H groups in total. The molecule has 2 rings (SSSR count). The molecular formula is C17H19N3O6. The van der Waals surface area contributed by atoms with Gasteiger partial charge in [-0.15, -0.1) is 0 Å². The number of rotatable bonds is 6. The fourth-order valence-corrected chi connectivity index (χ4v) is 2.32. The number of hydrogen-bond donors (Lipinski definition) is 1. The molecule has 0 bridgehead atoms. The number of hydrogen-bond acceptors (Lipinski definition) is 7. The molecule has 26 heavy (non-hydrogen) atoms. The van der Waals surface area contributed by atoms with Crippen molar-refractivity contribution in [2.75, 3.05) is 11.9 Å². The SMILES string of the molecule is Cc1ccc(NC(=O)COC(=O)c2c(C)noc2C(C)C)c([N+](=O)[O-])c1. The zero-order valence-electron chi connectivity index (χ0n) is 14.9. The summed E-state index contributed by atoms with van der Waals surface area (Å²) in [5.74, 6) is -1.13. The van der Waals surface area contributed by atoms with Crippen molar-refractivity contribution in [3.8, 4) is 0 Å². The van der Waals surface area contributed by atoms with Gasteiger partial charge in [-0.05, 0) is 25.5 Å². The van der Waals surface area contributed by atoms with Gasteiger partial charge in [-0.25, -0.2) is 4.79 Å². The number of esters is 1. The highest BCUT2D eigenvalue weighted by molar-refractivity contribution is 5.97. The molecule has 0 spiro atoms. The number of carbonyl (C=O) groups excluding carboxylic acids is 2. The van der Waals surface area contributed by atoms with E-state index < -0.39 is 23.4 Å². The van der Waals surface area contributed by atoms with Crippen LogP contribution in [0.1, 0.15) is 47.1 Å². The van der Waals surface area contributed by atoms with Crippen LogP contribution in [0.3, 0.4) is 0 Å². The number of nitrogens with one attached hydrogen (secondary N) is 1. The summed E-state index contributed by atoms with van der Waals surface area (Å²) in [6, 6.07) is 4.40. The van der Waals surface area contributed by atoms with Crippen molar-refractivity contribution in [3.05, 3.63) is 50.9 Å². The van der Waals surface area contributed by atoms with E-state index in [0.29, 0.717) is 17.0 Å². The van der Waals surface area contributed by atoms with Crippen LogP contribution in [0.4, 0.5) is 11.4 Å². The lowest BCUT2D eigenvalue weighted by molar-refractivity contribution is -0.384. The normalized spacial score (nSPS) is 10.7. The standard InChI is InChI=1S/C17H19N3O6/c1-9(2)16-15(11(4)19-26-16)17(22)25-8-14(21)18-12-6-5-10(3)7-13(12)20(23)24/h5-7,9H,8H2,1-4H3,(H,18,21). The second-order valence-electron chi connectivity index (χ2n) is 6.06. The first-order valence-corrected chi connectivity index (χ1v) is 7.89. The zero-order valence-corrected chi connectivity index (χ0v) is 14.9. The van der Waals surface area contributed by atoms with E-state index in [1.807, 2.05) is 13.8 Å². The molecule has 1 aromatic carbocycles. The van der Waals surface area contributed by atoms with Crippen molar-refractivity contribution in [3.63, 3.8) is 0 Å². The molecule has 0 saturated carbocycles. The minimum atomic E-state index is -0.735. The molecule has 0 radical (unpaired) electrons. The Hall–Kier alpha value is -3.23. The van der Waals surface area contributed by atoms with E-state index in [-0.39, 0.29) is 22.9 Å². The molecule has 138 valence electrons.